The minimum Gasteiger partial charge on any atom is -0.348 e. The maximum absolute atomic E-state index is 13.1. The first kappa shape index (κ1) is 17.0. The summed E-state index contributed by atoms with van der Waals surface area (Å²) in [7, 11) is 3.91. The number of halogens is 1. The van der Waals surface area contributed by atoms with Crippen LogP contribution in [0.25, 0.3) is 22.6 Å². The van der Waals surface area contributed by atoms with Gasteiger partial charge in [-0.25, -0.2) is 14.4 Å². The third-order valence-electron chi connectivity index (χ3n) is 3.76. The van der Waals surface area contributed by atoms with E-state index in [9.17, 15) is 9.18 Å². The summed E-state index contributed by atoms with van der Waals surface area (Å²) in [4.78, 5) is 26.4. The fourth-order valence-electron chi connectivity index (χ4n) is 2.73. The van der Waals surface area contributed by atoms with E-state index < -0.39 is 0 Å². The number of nitrogens with zero attached hydrogens (tertiary/aromatic N) is 3. The summed E-state index contributed by atoms with van der Waals surface area (Å²) in [6.45, 7) is 2.69. The minimum atomic E-state index is -0.312. The Morgan fingerprint density at radius 1 is 1.28 bits per heavy atom. The molecule has 6 nitrogen and oxygen atoms in total. The molecule has 3 aromatic rings. The highest BCUT2D eigenvalue weighted by Gasteiger charge is 2.17. The highest BCUT2D eigenvalue weighted by molar-refractivity contribution is 6.04. The molecule has 2 aromatic heterocycles. The molecular weight excluding hydrogens is 321 g/mol. The first-order chi connectivity index (χ1) is 11.9. The number of carbonyl (C=O) groups excluding carboxylic acids is 1. The number of nitrogens with one attached hydrogen (secondary N) is 2. The van der Waals surface area contributed by atoms with Crippen molar-refractivity contribution in [1.82, 2.24) is 25.2 Å². The molecular formula is C18H20FN5O. The molecule has 1 unspecified atom stereocenters. The summed E-state index contributed by atoms with van der Waals surface area (Å²) in [5, 5.41) is 2.96. The zero-order valence-electron chi connectivity index (χ0n) is 14.4. The molecule has 0 spiro atoms. The van der Waals surface area contributed by atoms with Crippen LogP contribution in [0.3, 0.4) is 0 Å². The van der Waals surface area contributed by atoms with Gasteiger partial charge in [0.05, 0.1) is 5.56 Å². The van der Waals surface area contributed by atoms with Gasteiger partial charge in [-0.1, -0.05) is 0 Å². The van der Waals surface area contributed by atoms with Gasteiger partial charge in [0.15, 0.2) is 5.65 Å². The molecule has 0 bridgehead atoms. The summed E-state index contributed by atoms with van der Waals surface area (Å²) in [5.74, 6) is 0.0379. The number of likely N-dealkylation sites (N-methyl/N-ethyl adjacent to an activating group) is 1. The summed E-state index contributed by atoms with van der Waals surface area (Å²) in [5.41, 5.74) is 2.20. The lowest BCUT2D eigenvalue weighted by atomic mass is 10.2. The second kappa shape index (κ2) is 6.98. The Hall–Kier alpha value is -2.80. The molecule has 0 aliphatic carbocycles. The van der Waals surface area contributed by atoms with Crippen molar-refractivity contribution in [2.75, 3.05) is 20.6 Å². The van der Waals surface area contributed by atoms with E-state index in [1.807, 2.05) is 25.9 Å². The average molecular weight is 341 g/mol. The number of hydrogen-bond donors (Lipinski definition) is 2. The molecule has 0 fully saturated rings. The number of imidazole rings is 1. The van der Waals surface area contributed by atoms with Crippen LogP contribution in [0.4, 0.5) is 4.39 Å². The molecule has 0 radical (unpaired) electrons. The molecule has 0 saturated carbocycles. The average Bonchev–Trinajstić information content (AvgIpc) is 2.98. The van der Waals surface area contributed by atoms with Crippen molar-refractivity contribution in [3.05, 3.63) is 47.9 Å². The number of rotatable bonds is 5. The van der Waals surface area contributed by atoms with Gasteiger partial charge in [-0.15, -0.1) is 0 Å². The van der Waals surface area contributed by atoms with Gasteiger partial charge in [-0.3, -0.25) is 4.79 Å². The van der Waals surface area contributed by atoms with Crippen molar-refractivity contribution in [3.63, 3.8) is 0 Å². The number of fused-ring (bicyclic) bond motifs is 1. The van der Waals surface area contributed by atoms with Crippen LogP contribution in [0, 0.1) is 5.82 Å². The number of aromatic nitrogens is 3. The highest BCUT2D eigenvalue weighted by atomic mass is 19.1. The van der Waals surface area contributed by atoms with Gasteiger partial charge in [0.1, 0.15) is 17.2 Å². The second-order valence-electron chi connectivity index (χ2n) is 6.28. The van der Waals surface area contributed by atoms with Crippen molar-refractivity contribution < 1.29 is 9.18 Å². The van der Waals surface area contributed by atoms with E-state index in [4.69, 9.17) is 0 Å². The molecule has 0 aliphatic rings. The van der Waals surface area contributed by atoms with Crippen LogP contribution >= 0.6 is 0 Å². The smallest absolute Gasteiger partial charge is 0.253 e. The van der Waals surface area contributed by atoms with Crippen LogP contribution in [-0.2, 0) is 0 Å². The lowest BCUT2D eigenvalue weighted by molar-refractivity contribution is 0.0936. The number of hydrogen-bond acceptors (Lipinski definition) is 4. The predicted octanol–water partition coefficient (Wildman–Crippen LogP) is 2.44. The number of aromatic amines is 1. The van der Waals surface area contributed by atoms with Crippen molar-refractivity contribution in [3.8, 4) is 11.4 Å². The Morgan fingerprint density at radius 3 is 2.68 bits per heavy atom. The van der Waals surface area contributed by atoms with Gasteiger partial charge in [0, 0.05) is 24.3 Å². The fourth-order valence-corrected chi connectivity index (χ4v) is 2.73. The van der Waals surface area contributed by atoms with Gasteiger partial charge in [0.25, 0.3) is 5.91 Å². The van der Waals surface area contributed by atoms with E-state index in [1.54, 1.807) is 24.4 Å². The Bertz CT molecular complexity index is 888. The molecule has 3 rings (SSSR count). The molecule has 0 aliphatic heterocycles. The van der Waals surface area contributed by atoms with Crippen LogP contribution in [0.15, 0.2) is 36.5 Å². The molecule has 2 heterocycles. The highest BCUT2D eigenvalue weighted by Crippen LogP contribution is 2.22. The Kier molecular flexibility index (Phi) is 4.76. The van der Waals surface area contributed by atoms with Crippen molar-refractivity contribution >= 4 is 17.1 Å². The zero-order chi connectivity index (χ0) is 18.0. The lowest BCUT2D eigenvalue weighted by Crippen LogP contribution is -2.39. The van der Waals surface area contributed by atoms with Crippen LogP contribution in [-0.4, -0.2) is 52.4 Å². The van der Waals surface area contributed by atoms with Gasteiger partial charge in [-0.05, 0) is 51.4 Å². The molecule has 0 saturated heterocycles. The number of benzene rings is 1. The Balaban J connectivity index is 1.91. The summed E-state index contributed by atoms with van der Waals surface area (Å²) in [6, 6.07) is 7.65. The van der Waals surface area contributed by atoms with Gasteiger partial charge < -0.3 is 15.2 Å². The Morgan fingerprint density at radius 2 is 2.00 bits per heavy atom. The third-order valence-corrected chi connectivity index (χ3v) is 3.76. The van der Waals surface area contributed by atoms with E-state index in [2.05, 4.69) is 20.3 Å². The van der Waals surface area contributed by atoms with Crippen LogP contribution in [0.2, 0.25) is 0 Å². The number of carbonyl (C=O) groups is 1. The monoisotopic (exact) mass is 341 g/mol. The molecule has 2 N–H and O–H groups in total. The number of amides is 1. The first-order valence-corrected chi connectivity index (χ1v) is 8.00. The molecule has 130 valence electrons. The number of pyridine rings is 1. The second-order valence-corrected chi connectivity index (χ2v) is 6.28. The van der Waals surface area contributed by atoms with Crippen molar-refractivity contribution in [2.45, 2.75) is 13.0 Å². The summed E-state index contributed by atoms with van der Waals surface area (Å²) in [6.07, 6.45) is 1.57. The SMILES string of the molecule is CC(CN(C)C)NC(=O)c1ccnc2[nH]c(-c3ccc(F)cc3)nc12. The predicted molar refractivity (Wildman–Crippen MR) is 94.8 cm³/mol. The van der Waals surface area contributed by atoms with Crippen LogP contribution < -0.4 is 5.32 Å². The largest absolute Gasteiger partial charge is 0.348 e. The van der Waals surface area contributed by atoms with E-state index in [-0.39, 0.29) is 17.8 Å². The molecule has 1 atom stereocenters. The van der Waals surface area contributed by atoms with E-state index in [0.29, 0.717) is 22.6 Å². The third kappa shape index (κ3) is 3.83. The maximum Gasteiger partial charge on any atom is 0.253 e. The van der Waals surface area contributed by atoms with Crippen LogP contribution in [0.5, 0.6) is 0 Å². The van der Waals surface area contributed by atoms with Crippen LogP contribution in [0.1, 0.15) is 17.3 Å². The normalized spacial score (nSPS) is 12.5. The fraction of sp³-hybridized carbons (Fsp3) is 0.278. The zero-order valence-corrected chi connectivity index (χ0v) is 14.4. The molecule has 25 heavy (non-hydrogen) atoms. The minimum absolute atomic E-state index is 0.00114. The Labute approximate surface area is 145 Å². The summed E-state index contributed by atoms with van der Waals surface area (Å²) >= 11 is 0. The standard InChI is InChI=1S/C18H20FN5O/c1-11(10-24(2)3)21-18(25)14-8-9-20-17-15(14)22-16(23-17)12-4-6-13(19)7-5-12/h4-9,11H,10H2,1-3H3,(H,21,25)(H,20,22,23). The van der Waals surface area contributed by atoms with Crippen molar-refractivity contribution in [2.24, 2.45) is 0 Å². The lowest BCUT2D eigenvalue weighted by Gasteiger charge is -2.18. The molecule has 7 heteroatoms. The van der Waals surface area contributed by atoms with Crippen molar-refractivity contribution in [1.29, 1.82) is 0 Å². The first-order valence-electron chi connectivity index (χ1n) is 8.00. The van der Waals surface area contributed by atoms with E-state index >= 15 is 0 Å². The number of H-pyrrole nitrogens is 1. The quantitative estimate of drug-likeness (QED) is 0.747. The van der Waals surface area contributed by atoms with E-state index in [0.717, 1.165) is 12.1 Å². The molecule has 1 amide bonds. The molecule has 1 aromatic carbocycles. The van der Waals surface area contributed by atoms with Gasteiger partial charge in [-0.2, -0.15) is 0 Å². The topological polar surface area (TPSA) is 73.9 Å². The maximum atomic E-state index is 13.1. The summed E-state index contributed by atoms with van der Waals surface area (Å²) < 4.78 is 13.1. The van der Waals surface area contributed by atoms with Gasteiger partial charge >= 0.3 is 0 Å². The van der Waals surface area contributed by atoms with E-state index in [1.165, 1.54) is 12.1 Å². The van der Waals surface area contributed by atoms with Gasteiger partial charge in [0.2, 0.25) is 0 Å².